The molecule has 0 saturated carbocycles. The summed E-state index contributed by atoms with van der Waals surface area (Å²) < 4.78 is 0. The van der Waals surface area contributed by atoms with Gasteiger partial charge in [0, 0.05) is 38.3 Å². The highest BCUT2D eigenvalue weighted by atomic mass is 16.1. The van der Waals surface area contributed by atoms with Gasteiger partial charge in [0.2, 0.25) is 0 Å². The van der Waals surface area contributed by atoms with Crippen LogP contribution in [-0.2, 0) is 11.2 Å². The van der Waals surface area contributed by atoms with E-state index in [2.05, 4.69) is 41.1 Å². The van der Waals surface area contributed by atoms with Gasteiger partial charge in [0.05, 0.1) is 0 Å². The number of nitrogens with zero attached hydrogens (tertiary/aromatic N) is 2. The first kappa shape index (κ1) is 12.1. The third-order valence-corrected chi connectivity index (χ3v) is 3.37. The maximum Gasteiger partial charge on any atom is 0.120 e. The molecule has 3 nitrogen and oxygen atoms in total. The number of rotatable bonds is 4. The molecule has 2 rings (SSSR count). The third kappa shape index (κ3) is 3.07. The van der Waals surface area contributed by atoms with Gasteiger partial charge in [0.25, 0.3) is 0 Å². The van der Waals surface area contributed by atoms with Gasteiger partial charge >= 0.3 is 0 Å². The molecule has 1 aromatic rings. The number of aldehydes is 1. The van der Waals surface area contributed by atoms with Crippen molar-refractivity contribution >= 4 is 12.0 Å². The lowest BCUT2D eigenvalue weighted by Crippen LogP contribution is -2.44. The number of likely N-dealkylation sites (N-methyl/N-ethyl adjacent to an activating group) is 1. The largest absolute Gasteiger partial charge is 0.369 e. The molecule has 0 N–H and O–H groups in total. The van der Waals surface area contributed by atoms with Crippen LogP contribution in [0.2, 0.25) is 0 Å². The Morgan fingerprint density at radius 1 is 1.18 bits per heavy atom. The maximum atomic E-state index is 10.5. The lowest BCUT2D eigenvalue weighted by atomic mass is 10.1. The predicted octanol–water partition coefficient (Wildman–Crippen LogP) is 1.57. The van der Waals surface area contributed by atoms with Gasteiger partial charge in [-0.05, 0) is 25.1 Å². The molecule has 1 heterocycles. The summed E-state index contributed by atoms with van der Waals surface area (Å²) in [5, 5.41) is 0. The zero-order valence-electron chi connectivity index (χ0n) is 10.4. The Balaban J connectivity index is 2.10. The fourth-order valence-corrected chi connectivity index (χ4v) is 2.29. The zero-order valence-corrected chi connectivity index (χ0v) is 10.4. The second-order valence-electron chi connectivity index (χ2n) is 4.62. The molecule has 92 valence electrons. The van der Waals surface area contributed by atoms with E-state index in [1.807, 2.05) is 0 Å². The molecule has 1 fully saturated rings. The molecule has 0 spiro atoms. The number of anilines is 1. The average Bonchev–Trinajstić information content (AvgIpc) is 2.38. The molecule has 1 aromatic carbocycles. The molecule has 1 aliphatic rings. The minimum Gasteiger partial charge on any atom is -0.369 e. The molecular formula is C14H20N2O. The topological polar surface area (TPSA) is 23.6 Å². The van der Waals surface area contributed by atoms with Crippen LogP contribution in [0.3, 0.4) is 0 Å². The van der Waals surface area contributed by atoms with Crippen LogP contribution in [0.25, 0.3) is 0 Å². The highest BCUT2D eigenvalue weighted by molar-refractivity contribution is 5.57. The number of benzene rings is 1. The second kappa shape index (κ2) is 5.82. The Labute approximate surface area is 103 Å². The summed E-state index contributed by atoms with van der Waals surface area (Å²) in [4.78, 5) is 15.3. The van der Waals surface area contributed by atoms with E-state index < -0.39 is 0 Å². The van der Waals surface area contributed by atoms with Gasteiger partial charge in [-0.25, -0.2) is 0 Å². The van der Waals surface area contributed by atoms with E-state index in [0.29, 0.717) is 6.42 Å². The average molecular weight is 232 g/mol. The van der Waals surface area contributed by atoms with Crippen molar-refractivity contribution in [1.82, 2.24) is 4.90 Å². The number of aryl methyl sites for hydroxylation is 1. The molecule has 1 saturated heterocycles. The summed E-state index contributed by atoms with van der Waals surface area (Å²) >= 11 is 0. The first-order valence-electron chi connectivity index (χ1n) is 6.26. The number of hydrogen-bond donors (Lipinski definition) is 0. The van der Waals surface area contributed by atoms with Gasteiger partial charge in [-0.15, -0.1) is 0 Å². The van der Waals surface area contributed by atoms with Crippen LogP contribution in [0.1, 0.15) is 12.0 Å². The molecule has 3 heteroatoms. The Hall–Kier alpha value is -1.35. The van der Waals surface area contributed by atoms with Crippen molar-refractivity contribution in [2.24, 2.45) is 0 Å². The molecule has 0 atom stereocenters. The van der Waals surface area contributed by atoms with Crippen molar-refractivity contribution in [3.05, 3.63) is 29.8 Å². The molecule has 0 amide bonds. The Morgan fingerprint density at radius 3 is 2.59 bits per heavy atom. The molecular weight excluding hydrogens is 212 g/mol. The Kier molecular flexibility index (Phi) is 4.15. The van der Waals surface area contributed by atoms with Crippen molar-refractivity contribution in [3.63, 3.8) is 0 Å². The quantitative estimate of drug-likeness (QED) is 0.736. The molecule has 0 aliphatic carbocycles. The van der Waals surface area contributed by atoms with Crippen LogP contribution in [0.15, 0.2) is 24.3 Å². The van der Waals surface area contributed by atoms with Crippen molar-refractivity contribution in [1.29, 1.82) is 0 Å². The van der Waals surface area contributed by atoms with Crippen LogP contribution in [-0.4, -0.2) is 44.4 Å². The van der Waals surface area contributed by atoms with E-state index >= 15 is 0 Å². The third-order valence-electron chi connectivity index (χ3n) is 3.37. The minimum absolute atomic E-state index is 0.616. The standard InChI is InChI=1S/C14H20N2O/c1-15-8-10-16(11-9-15)14-7-3-2-5-13(14)6-4-12-17/h2-3,5,7,12H,4,6,8-11H2,1H3. The number of piperazine rings is 1. The van der Waals surface area contributed by atoms with Crippen LogP contribution in [0.4, 0.5) is 5.69 Å². The summed E-state index contributed by atoms with van der Waals surface area (Å²) in [6, 6.07) is 8.44. The Morgan fingerprint density at radius 2 is 1.88 bits per heavy atom. The monoisotopic (exact) mass is 232 g/mol. The van der Waals surface area contributed by atoms with E-state index in [1.54, 1.807) is 0 Å². The van der Waals surface area contributed by atoms with Gasteiger partial charge in [-0.1, -0.05) is 18.2 Å². The van der Waals surface area contributed by atoms with Crippen LogP contribution in [0.5, 0.6) is 0 Å². The van der Waals surface area contributed by atoms with Gasteiger partial charge in [-0.2, -0.15) is 0 Å². The van der Waals surface area contributed by atoms with Crippen LogP contribution < -0.4 is 4.90 Å². The first-order chi connectivity index (χ1) is 8.31. The van der Waals surface area contributed by atoms with Gasteiger partial charge in [0.15, 0.2) is 0 Å². The minimum atomic E-state index is 0.616. The number of carbonyl (C=O) groups excluding carboxylic acids is 1. The van der Waals surface area contributed by atoms with Crippen LogP contribution >= 0.6 is 0 Å². The van der Waals surface area contributed by atoms with Crippen molar-refractivity contribution in [3.8, 4) is 0 Å². The van der Waals surface area contributed by atoms with Crippen molar-refractivity contribution < 1.29 is 4.79 Å². The van der Waals surface area contributed by atoms with E-state index in [1.165, 1.54) is 11.3 Å². The van der Waals surface area contributed by atoms with E-state index in [9.17, 15) is 4.79 Å². The van der Waals surface area contributed by atoms with Crippen molar-refractivity contribution in [2.75, 3.05) is 38.1 Å². The second-order valence-corrected chi connectivity index (χ2v) is 4.62. The van der Waals surface area contributed by atoms with Gasteiger partial charge in [0.1, 0.15) is 6.29 Å². The van der Waals surface area contributed by atoms with E-state index in [-0.39, 0.29) is 0 Å². The molecule has 0 unspecified atom stereocenters. The lowest BCUT2D eigenvalue weighted by molar-refractivity contribution is -0.107. The molecule has 0 radical (unpaired) electrons. The summed E-state index contributed by atoms with van der Waals surface area (Å²) in [6.45, 7) is 4.38. The normalized spacial score (nSPS) is 17.1. The fourth-order valence-electron chi connectivity index (χ4n) is 2.29. The van der Waals surface area contributed by atoms with Crippen molar-refractivity contribution in [2.45, 2.75) is 12.8 Å². The molecule has 0 bridgehead atoms. The SMILES string of the molecule is CN1CCN(c2ccccc2CCC=O)CC1. The smallest absolute Gasteiger partial charge is 0.120 e. The number of carbonyl (C=O) groups is 1. The number of para-hydroxylation sites is 1. The highest BCUT2D eigenvalue weighted by Gasteiger charge is 2.16. The first-order valence-corrected chi connectivity index (χ1v) is 6.26. The highest BCUT2D eigenvalue weighted by Crippen LogP contribution is 2.22. The number of hydrogen-bond acceptors (Lipinski definition) is 3. The van der Waals surface area contributed by atoms with Gasteiger partial charge in [-0.3, -0.25) is 0 Å². The fraction of sp³-hybridized carbons (Fsp3) is 0.500. The lowest BCUT2D eigenvalue weighted by Gasteiger charge is -2.35. The summed E-state index contributed by atoms with van der Waals surface area (Å²) in [5.41, 5.74) is 2.60. The van der Waals surface area contributed by atoms with E-state index in [0.717, 1.165) is 38.9 Å². The van der Waals surface area contributed by atoms with Crippen LogP contribution in [0, 0.1) is 0 Å². The summed E-state index contributed by atoms with van der Waals surface area (Å²) in [6.07, 6.45) is 2.47. The maximum absolute atomic E-state index is 10.5. The zero-order chi connectivity index (χ0) is 12.1. The molecule has 17 heavy (non-hydrogen) atoms. The summed E-state index contributed by atoms with van der Waals surface area (Å²) in [7, 11) is 2.16. The van der Waals surface area contributed by atoms with E-state index in [4.69, 9.17) is 0 Å². The molecule has 1 aliphatic heterocycles. The Bertz CT molecular complexity index is 370. The summed E-state index contributed by atoms with van der Waals surface area (Å²) in [5.74, 6) is 0. The predicted molar refractivity (Wildman–Crippen MR) is 70.5 cm³/mol. The van der Waals surface area contributed by atoms with Gasteiger partial charge < -0.3 is 14.6 Å². The molecule has 0 aromatic heterocycles.